The first-order valence-corrected chi connectivity index (χ1v) is 7.34. The van der Waals surface area contributed by atoms with Gasteiger partial charge >= 0.3 is 0 Å². The van der Waals surface area contributed by atoms with E-state index in [1.54, 1.807) is 24.3 Å². The zero-order chi connectivity index (χ0) is 15.2. The van der Waals surface area contributed by atoms with Crippen LogP contribution in [0.1, 0.15) is 12.8 Å². The van der Waals surface area contributed by atoms with Gasteiger partial charge in [-0.15, -0.1) is 0 Å². The van der Waals surface area contributed by atoms with E-state index in [0.29, 0.717) is 28.6 Å². The van der Waals surface area contributed by atoms with Crippen LogP contribution in [0.5, 0.6) is 0 Å². The van der Waals surface area contributed by atoms with E-state index in [1.807, 2.05) is 0 Å². The number of fused-ring (bicyclic) bond motifs is 2. The predicted octanol–water partition coefficient (Wildman–Crippen LogP) is 4.02. The SMILES string of the molecule is C=C1C[C@@]2(C(=O)Nc3ccc(Cl)c(Cl)c3)C=CC(=O)[C@@H]1C2. The van der Waals surface area contributed by atoms with Crippen LogP contribution in [0, 0.1) is 11.3 Å². The Morgan fingerprint density at radius 3 is 2.81 bits per heavy atom. The zero-order valence-electron chi connectivity index (χ0n) is 11.2. The summed E-state index contributed by atoms with van der Waals surface area (Å²) in [4.78, 5) is 24.4. The molecule has 0 spiro atoms. The molecule has 0 radical (unpaired) electrons. The summed E-state index contributed by atoms with van der Waals surface area (Å²) in [6, 6.07) is 4.94. The fraction of sp³-hybridized carbons (Fsp3) is 0.250. The average Bonchev–Trinajstić information content (AvgIpc) is 2.73. The first kappa shape index (κ1) is 14.4. The normalized spacial score (nSPS) is 27.0. The predicted molar refractivity (Wildman–Crippen MR) is 83.5 cm³/mol. The van der Waals surface area contributed by atoms with Gasteiger partial charge < -0.3 is 5.32 Å². The second kappa shape index (κ2) is 5.00. The van der Waals surface area contributed by atoms with Crippen LogP contribution in [0.4, 0.5) is 5.69 Å². The minimum atomic E-state index is -0.679. The Morgan fingerprint density at radius 1 is 1.33 bits per heavy atom. The molecule has 21 heavy (non-hydrogen) atoms. The molecule has 2 aliphatic carbocycles. The number of allylic oxidation sites excluding steroid dienone is 2. The maximum atomic E-state index is 12.6. The van der Waals surface area contributed by atoms with Crippen LogP contribution in [0.2, 0.25) is 10.0 Å². The van der Waals surface area contributed by atoms with Gasteiger partial charge in [0.1, 0.15) is 0 Å². The Kier molecular flexibility index (Phi) is 3.42. The summed E-state index contributed by atoms with van der Waals surface area (Å²) in [5, 5.41) is 3.67. The molecule has 5 heteroatoms. The van der Waals surface area contributed by atoms with Crippen molar-refractivity contribution in [3.63, 3.8) is 0 Å². The van der Waals surface area contributed by atoms with Crippen molar-refractivity contribution in [2.75, 3.05) is 5.32 Å². The van der Waals surface area contributed by atoms with Gasteiger partial charge in [0.15, 0.2) is 5.78 Å². The molecule has 0 aromatic heterocycles. The minimum Gasteiger partial charge on any atom is -0.325 e. The molecule has 1 saturated carbocycles. The molecule has 3 nitrogen and oxygen atoms in total. The zero-order valence-corrected chi connectivity index (χ0v) is 12.7. The molecule has 2 atom stereocenters. The number of rotatable bonds is 2. The van der Waals surface area contributed by atoms with Crippen molar-refractivity contribution in [1.29, 1.82) is 0 Å². The number of benzene rings is 1. The van der Waals surface area contributed by atoms with Crippen LogP contribution < -0.4 is 5.32 Å². The third-order valence-corrected chi connectivity index (χ3v) is 4.88. The maximum absolute atomic E-state index is 12.6. The molecule has 2 bridgehead atoms. The van der Waals surface area contributed by atoms with Gasteiger partial charge in [0.05, 0.1) is 15.5 Å². The van der Waals surface area contributed by atoms with Crippen molar-refractivity contribution in [3.05, 3.63) is 52.5 Å². The molecule has 1 fully saturated rings. The van der Waals surface area contributed by atoms with Crippen LogP contribution in [-0.4, -0.2) is 11.7 Å². The Hall–Kier alpha value is -1.58. The van der Waals surface area contributed by atoms with Crippen LogP contribution in [0.25, 0.3) is 0 Å². The van der Waals surface area contributed by atoms with E-state index in [2.05, 4.69) is 11.9 Å². The molecule has 0 aliphatic heterocycles. The molecule has 3 rings (SSSR count). The van der Waals surface area contributed by atoms with Crippen molar-refractivity contribution in [1.82, 2.24) is 0 Å². The summed E-state index contributed by atoms with van der Waals surface area (Å²) in [5.41, 5.74) is 0.735. The third kappa shape index (κ3) is 2.41. The lowest BCUT2D eigenvalue weighted by Crippen LogP contribution is -2.34. The number of amides is 1. The molecule has 1 aromatic rings. The van der Waals surface area contributed by atoms with Gasteiger partial charge in [-0.25, -0.2) is 0 Å². The topological polar surface area (TPSA) is 46.2 Å². The van der Waals surface area contributed by atoms with Crippen molar-refractivity contribution in [2.45, 2.75) is 12.8 Å². The first-order chi connectivity index (χ1) is 9.91. The average molecular weight is 322 g/mol. The number of nitrogens with one attached hydrogen (secondary N) is 1. The molecule has 108 valence electrons. The van der Waals surface area contributed by atoms with Crippen molar-refractivity contribution in [2.24, 2.45) is 11.3 Å². The molecule has 0 unspecified atom stereocenters. The van der Waals surface area contributed by atoms with E-state index in [0.717, 1.165) is 5.57 Å². The van der Waals surface area contributed by atoms with E-state index < -0.39 is 5.41 Å². The fourth-order valence-electron chi connectivity index (χ4n) is 2.97. The lowest BCUT2D eigenvalue weighted by molar-refractivity contribution is -0.124. The summed E-state index contributed by atoms with van der Waals surface area (Å²) < 4.78 is 0. The van der Waals surface area contributed by atoms with Crippen molar-refractivity contribution >= 4 is 40.6 Å². The number of hydrogen-bond acceptors (Lipinski definition) is 2. The third-order valence-electron chi connectivity index (χ3n) is 4.14. The monoisotopic (exact) mass is 321 g/mol. The Labute approximate surface area is 132 Å². The van der Waals surface area contributed by atoms with Crippen LogP contribution in [0.3, 0.4) is 0 Å². The summed E-state index contributed by atoms with van der Waals surface area (Å²) in [7, 11) is 0. The molecule has 2 aliphatic rings. The van der Waals surface area contributed by atoms with E-state index in [9.17, 15) is 9.59 Å². The number of carbonyl (C=O) groups excluding carboxylic acids is 2. The highest BCUT2D eigenvalue weighted by molar-refractivity contribution is 6.42. The number of ketones is 1. The minimum absolute atomic E-state index is 0.0375. The van der Waals surface area contributed by atoms with E-state index in [1.165, 1.54) is 6.08 Å². The first-order valence-electron chi connectivity index (χ1n) is 6.58. The molecule has 1 N–H and O–H groups in total. The lowest BCUT2D eigenvalue weighted by Gasteiger charge is -2.26. The van der Waals surface area contributed by atoms with Gasteiger partial charge in [-0.3, -0.25) is 9.59 Å². The highest BCUT2D eigenvalue weighted by Gasteiger charge is 2.49. The Morgan fingerprint density at radius 2 is 2.10 bits per heavy atom. The van der Waals surface area contributed by atoms with Gasteiger partial charge in [0.2, 0.25) is 5.91 Å². The van der Waals surface area contributed by atoms with E-state index >= 15 is 0 Å². The summed E-state index contributed by atoms with van der Waals surface area (Å²) in [6.45, 7) is 3.93. The number of halogens is 2. The van der Waals surface area contributed by atoms with Crippen molar-refractivity contribution in [3.8, 4) is 0 Å². The summed E-state index contributed by atoms with van der Waals surface area (Å²) in [5.74, 6) is -0.335. The summed E-state index contributed by atoms with van der Waals surface area (Å²) >= 11 is 11.8. The molecule has 1 aromatic carbocycles. The number of carbonyl (C=O) groups is 2. The van der Waals surface area contributed by atoms with Crippen LogP contribution >= 0.6 is 23.2 Å². The fourth-order valence-corrected chi connectivity index (χ4v) is 3.27. The molecule has 0 saturated heterocycles. The number of anilines is 1. The molecular weight excluding hydrogens is 309 g/mol. The Bertz CT molecular complexity index is 696. The van der Waals surface area contributed by atoms with Gasteiger partial charge in [-0.05, 0) is 37.1 Å². The smallest absolute Gasteiger partial charge is 0.234 e. The Balaban J connectivity index is 1.85. The van der Waals surface area contributed by atoms with Gasteiger partial charge in [-0.1, -0.05) is 41.4 Å². The molecule has 0 heterocycles. The van der Waals surface area contributed by atoms with Crippen LogP contribution in [0.15, 0.2) is 42.5 Å². The molecule has 1 amide bonds. The highest BCUT2D eigenvalue weighted by atomic mass is 35.5. The molecular formula is C16H13Cl2NO2. The van der Waals surface area contributed by atoms with Gasteiger partial charge in [0, 0.05) is 11.6 Å². The second-order valence-electron chi connectivity index (χ2n) is 5.57. The van der Waals surface area contributed by atoms with E-state index in [-0.39, 0.29) is 17.6 Å². The maximum Gasteiger partial charge on any atom is 0.234 e. The highest BCUT2D eigenvalue weighted by Crippen LogP contribution is 2.49. The van der Waals surface area contributed by atoms with Gasteiger partial charge in [-0.2, -0.15) is 0 Å². The van der Waals surface area contributed by atoms with Crippen LogP contribution in [-0.2, 0) is 9.59 Å². The van der Waals surface area contributed by atoms with Gasteiger partial charge in [0.25, 0.3) is 0 Å². The summed E-state index contributed by atoms with van der Waals surface area (Å²) in [6.07, 6.45) is 4.21. The quantitative estimate of drug-likeness (QED) is 0.836. The van der Waals surface area contributed by atoms with E-state index in [4.69, 9.17) is 23.2 Å². The second-order valence-corrected chi connectivity index (χ2v) is 6.38. The number of hydrogen-bond donors (Lipinski definition) is 1. The van der Waals surface area contributed by atoms with Crippen molar-refractivity contribution < 1.29 is 9.59 Å². The standard InChI is InChI=1S/C16H13Cl2NO2/c1-9-7-16(5-4-14(20)11(9)8-16)15(21)19-10-2-3-12(17)13(18)6-10/h2-6,11H,1,7-8H2,(H,19,21)/t11-,16+/m1/s1. The largest absolute Gasteiger partial charge is 0.325 e. The lowest BCUT2D eigenvalue weighted by atomic mass is 9.79.